The van der Waals surface area contributed by atoms with Crippen LogP contribution in [0.5, 0.6) is 5.75 Å². The summed E-state index contributed by atoms with van der Waals surface area (Å²) < 4.78 is 10.7. The second-order valence-electron chi connectivity index (χ2n) is 7.84. The van der Waals surface area contributed by atoms with Crippen LogP contribution in [-0.2, 0) is 9.59 Å². The molecule has 0 bridgehead atoms. The van der Waals surface area contributed by atoms with Gasteiger partial charge in [0.2, 0.25) is 0 Å². The monoisotopic (exact) mass is 424 g/mol. The van der Waals surface area contributed by atoms with Crippen molar-refractivity contribution in [3.05, 3.63) is 54.0 Å². The van der Waals surface area contributed by atoms with Crippen LogP contribution in [0.2, 0.25) is 0 Å². The Morgan fingerprint density at radius 1 is 1.26 bits per heavy atom. The lowest BCUT2D eigenvalue weighted by Gasteiger charge is -2.22. The topological polar surface area (TPSA) is 104 Å². The molecule has 2 aliphatic heterocycles. The van der Waals surface area contributed by atoms with E-state index < -0.39 is 29.9 Å². The molecule has 0 radical (unpaired) electrons. The molecule has 1 aromatic carbocycles. The number of carbonyl (C=O) groups excluding carboxylic acids is 3. The molecule has 1 aromatic heterocycles. The van der Waals surface area contributed by atoms with Crippen molar-refractivity contribution in [2.24, 2.45) is 11.0 Å². The number of hydrazone groups is 1. The normalized spacial score (nSPS) is 21.0. The van der Waals surface area contributed by atoms with Gasteiger partial charge in [-0.1, -0.05) is 13.8 Å². The molecule has 3 heterocycles. The van der Waals surface area contributed by atoms with Gasteiger partial charge in [0.15, 0.2) is 0 Å². The van der Waals surface area contributed by atoms with Gasteiger partial charge in [-0.05, 0) is 47.9 Å². The van der Waals surface area contributed by atoms with Crippen molar-refractivity contribution in [1.29, 1.82) is 0 Å². The second-order valence-corrected chi connectivity index (χ2v) is 7.84. The van der Waals surface area contributed by atoms with Crippen molar-refractivity contribution < 1.29 is 23.5 Å². The Bertz CT molecular complexity index is 1010. The molecule has 0 saturated carbocycles. The SMILES string of the molecule is COc1ccc(C2=NN(C(=O)CN3C(=O)NC(C(C)C)C3=O)C(c3ccco3)C2)cc1. The number of ether oxygens (including phenoxy) is 1. The van der Waals surface area contributed by atoms with Gasteiger partial charge in [0.1, 0.15) is 30.1 Å². The molecule has 1 saturated heterocycles. The molecule has 2 atom stereocenters. The highest BCUT2D eigenvalue weighted by molar-refractivity contribution is 6.07. The lowest BCUT2D eigenvalue weighted by atomic mass is 10.0. The zero-order chi connectivity index (χ0) is 22.1. The van der Waals surface area contributed by atoms with Crippen LogP contribution in [0.25, 0.3) is 0 Å². The molecule has 9 heteroatoms. The Kier molecular flexibility index (Phi) is 5.50. The number of hydrogen-bond donors (Lipinski definition) is 1. The smallest absolute Gasteiger partial charge is 0.325 e. The van der Waals surface area contributed by atoms with Crippen LogP contribution in [-0.4, -0.2) is 53.2 Å². The van der Waals surface area contributed by atoms with Crippen LogP contribution in [0.3, 0.4) is 0 Å². The second kappa shape index (κ2) is 8.25. The fraction of sp³-hybridized carbons (Fsp3) is 0.364. The number of amides is 4. The summed E-state index contributed by atoms with van der Waals surface area (Å²) in [4.78, 5) is 38.9. The molecule has 162 valence electrons. The van der Waals surface area contributed by atoms with Gasteiger partial charge in [0, 0.05) is 6.42 Å². The average Bonchev–Trinajstić information content (AvgIpc) is 3.49. The fourth-order valence-corrected chi connectivity index (χ4v) is 3.75. The van der Waals surface area contributed by atoms with Crippen LogP contribution in [0, 0.1) is 5.92 Å². The highest BCUT2D eigenvalue weighted by Crippen LogP contribution is 2.33. The zero-order valence-electron chi connectivity index (χ0n) is 17.6. The summed E-state index contributed by atoms with van der Waals surface area (Å²) in [6.07, 6.45) is 1.98. The molecule has 1 fully saturated rings. The Labute approximate surface area is 179 Å². The van der Waals surface area contributed by atoms with E-state index >= 15 is 0 Å². The Balaban J connectivity index is 1.58. The molecule has 4 amide bonds. The fourth-order valence-electron chi connectivity index (χ4n) is 3.75. The number of methoxy groups -OCH3 is 1. The molecular formula is C22H24N4O5. The Hall–Kier alpha value is -3.62. The number of nitrogens with zero attached hydrogens (tertiary/aromatic N) is 3. The summed E-state index contributed by atoms with van der Waals surface area (Å²) in [5, 5.41) is 8.47. The van der Waals surface area contributed by atoms with Gasteiger partial charge in [-0.3, -0.25) is 14.5 Å². The van der Waals surface area contributed by atoms with Gasteiger partial charge in [-0.15, -0.1) is 0 Å². The number of hydrogen-bond acceptors (Lipinski definition) is 6. The predicted octanol–water partition coefficient (Wildman–Crippen LogP) is 2.54. The summed E-state index contributed by atoms with van der Waals surface area (Å²) in [5.74, 6) is 0.368. The van der Waals surface area contributed by atoms with E-state index in [4.69, 9.17) is 9.15 Å². The van der Waals surface area contributed by atoms with Crippen LogP contribution in [0.1, 0.15) is 37.6 Å². The number of benzene rings is 1. The first-order chi connectivity index (χ1) is 14.9. The summed E-state index contributed by atoms with van der Waals surface area (Å²) >= 11 is 0. The van der Waals surface area contributed by atoms with Crippen molar-refractivity contribution in [3.8, 4) is 5.75 Å². The van der Waals surface area contributed by atoms with E-state index in [2.05, 4.69) is 10.4 Å². The number of nitrogens with one attached hydrogen (secondary N) is 1. The number of carbonyl (C=O) groups is 3. The molecule has 2 aliphatic rings. The molecule has 0 aliphatic carbocycles. The minimum Gasteiger partial charge on any atom is -0.497 e. The molecular weight excluding hydrogens is 400 g/mol. The number of furan rings is 1. The van der Waals surface area contributed by atoms with Crippen LogP contribution >= 0.6 is 0 Å². The molecule has 2 unspecified atom stereocenters. The minimum atomic E-state index is -0.627. The van der Waals surface area contributed by atoms with E-state index in [1.807, 2.05) is 38.1 Å². The number of urea groups is 1. The number of rotatable bonds is 6. The quantitative estimate of drug-likeness (QED) is 0.718. The minimum absolute atomic E-state index is 0.0705. The van der Waals surface area contributed by atoms with E-state index in [1.54, 1.807) is 19.2 Å². The summed E-state index contributed by atoms with van der Waals surface area (Å²) in [7, 11) is 1.59. The predicted molar refractivity (Wildman–Crippen MR) is 111 cm³/mol. The molecule has 31 heavy (non-hydrogen) atoms. The van der Waals surface area contributed by atoms with E-state index in [-0.39, 0.29) is 12.5 Å². The Morgan fingerprint density at radius 3 is 2.58 bits per heavy atom. The third-order valence-electron chi connectivity index (χ3n) is 5.48. The largest absolute Gasteiger partial charge is 0.497 e. The van der Waals surface area contributed by atoms with Gasteiger partial charge in [-0.25, -0.2) is 9.80 Å². The van der Waals surface area contributed by atoms with Crippen molar-refractivity contribution in [1.82, 2.24) is 15.2 Å². The third-order valence-corrected chi connectivity index (χ3v) is 5.48. The van der Waals surface area contributed by atoms with Crippen molar-refractivity contribution in [2.75, 3.05) is 13.7 Å². The van der Waals surface area contributed by atoms with Crippen LogP contribution in [0.4, 0.5) is 4.79 Å². The maximum atomic E-state index is 13.1. The van der Waals surface area contributed by atoms with Gasteiger partial charge in [0.05, 0.1) is 19.1 Å². The zero-order valence-corrected chi connectivity index (χ0v) is 17.6. The van der Waals surface area contributed by atoms with Gasteiger partial charge in [-0.2, -0.15) is 5.10 Å². The van der Waals surface area contributed by atoms with Crippen molar-refractivity contribution in [3.63, 3.8) is 0 Å². The molecule has 2 aromatic rings. The standard InChI is InChI=1S/C22H24N4O5/c1-13(2)20-21(28)25(22(29)23-20)12-19(27)26-17(18-5-4-10-31-18)11-16(24-26)14-6-8-15(30-3)9-7-14/h4-10,13,17,20H,11-12H2,1-3H3,(H,23,29). The maximum Gasteiger partial charge on any atom is 0.325 e. The van der Waals surface area contributed by atoms with Crippen LogP contribution in [0.15, 0.2) is 52.2 Å². The van der Waals surface area contributed by atoms with Gasteiger partial charge >= 0.3 is 6.03 Å². The molecule has 1 N–H and O–H groups in total. The van der Waals surface area contributed by atoms with E-state index in [1.165, 1.54) is 11.3 Å². The average molecular weight is 424 g/mol. The summed E-state index contributed by atoms with van der Waals surface area (Å²) in [6.45, 7) is 3.30. The van der Waals surface area contributed by atoms with Gasteiger partial charge < -0.3 is 14.5 Å². The highest BCUT2D eigenvalue weighted by atomic mass is 16.5. The lowest BCUT2D eigenvalue weighted by Crippen LogP contribution is -2.42. The first kappa shape index (κ1) is 20.6. The van der Waals surface area contributed by atoms with E-state index in [9.17, 15) is 14.4 Å². The Morgan fingerprint density at radius 2 is 2.00 bits per heavy atom. The summed E-state index contributed by atoms with van der Waals surface area (Å²) in [6, 6.07) is 9.26. The van der Waals surface area contributed by atoms with E-state index in [0.717, 1.165) is 16.2 Å². The summed E-state index contributed by atoms with van der Waals surface area (Å²) in [5.41, 5.74) is 1.55. The van der Waals surface area contributed by atoms with Crippen molar-refractivity contribution in [2.45, 2.75) is 32.4 Å². The molecule has 4 rings (SSSR count). The number of imide groups is 1. The van der Waals surface area contributed by atoms with Crippen molar-refractivity contribution >= 4 is 23.6 Å². The van der Waals surface area contributed by atoms with Crippen LogP contribution < -0.4 is 10.1 Å². The highest BCUT2D eigenvalue weighted by Gasteiger charge is 2.43. The van der Waals surface area contributed by atoms with E-state index in [0.29, 0.717) is 17.9 Å². The molecule has 9 nitrogen and oxygen atoms in total. The molecule has 0 spiro atoms. The third kappa shape index (κ3) is 3.90. The maximum absolute atomic E-state index is 13.1. The lowest BCUT2D eigenvalue weighted by molar-refractivity contribution is -0.139. The first-order valence-corrected chi connectivity index (χ1v) is 10.1. The van der Waals surface area contributed by atoms with Gasteiger partial charge in [0.25, 0.3) is 11.8 Å². The first-order valence-electron chi connectivity index (χ1n) is 10.1.